The van der Waals surface area contributed by atoms with Crippen LogP contribution in [0.4, 0.5) is 0 Å². The average Bonchev–Trinajstić information content (AvgIpc) is 0.722. The largest absolute Gasteiger partial charge is 0.169 e. The topological polar surface area (TPSA) is 0 Å². The maximum atomic E-state index is 4.97. The van der Waals surface area contributed by atoms with Crippen LogP contribution in [0.5, 0.6) is 0 Å². The van der Waals surface area contributed by atoms with Gasteiger partial charge in [0.05, 0.1) is 10.2 Å². The maximum absolute atomic E-state index is 4.97. The number of hydrogen-bond donors (Lipinski definition) is 0. The van der Waals surface area contributed by atoms with E-state index in [4.69, 9.17) is 34.8 Å². The Morgan fingerprint density at radius 2 is 1.20 bits per heavy atom. The molecule has 0 aromatic rings. The first-order chi connectivity index (χ1) is 2.00. The molecule has 0 atom stereocenters. The first-order valence-electron chi connectivity index (χ1n) is 0.817. The SMILES string of the molecule is [Si]C(Cl)(Cl)Cl. The highest BCUT2D eigenvalue weighted by Crippen LogP contribution is 2.19. The highest BCUT2D eigenvalue weighted by Gasteiger charge is 2.07. The Hall–Kier alpha value is 1.09. The molecule has 0 nitrogen and oxygen atoms in total. The molecule has 0 unspecified atom stereocenters. The van der Waals surface area contributed by atoms with Crippen LogP contribution in [0.25, 0.3) is 0 Å². The highest BCUT2D eigenvalue weighted by molar-refractivity contribution is 6.81. The molecule has 0 fully saturated rings. The zero-order valence-electron chi connectivity index (χ0n) is 2.13. The molecule has 0 N–H and O–H groups in total. The van der Waals surface area contributed by atoms with Gasteiger partial charge in [0, 0.05) is 0 Å². The van der Waals surface area contributed by atoms with Crippen LogP contribution in [0.2, 0.25) is 0 Å². The molecular weight excluding hydrogens is 146 g/mol. The molecule has 0 saturated heterocycles. The number of hydrogen-bond acceptors (Lipinski definition) is 0. The quantitative estimate of drug-likeness (QED) is 0.359. The van der Waals surface area contributed by atoms with Crippen molar-refractivity contribution in [3.05, 3.63) is 0 Å². The molecule has 0 aromatic carbocycles. The molecule has 0 amide bonds. The molecule has 0 rings (SSSR count). The summed E-state index contributed by atoms with van der Waals surface area (Å²) < 4.78 is -1.28. The van der Waals surface area contributed by atoms with Crippen LogP contribution in [0.3, 0.4) is 0 Å². The van der Waals surface area contributed by atoms with Crippen molar-refractivity contribution in [3.8, 4) is 0 Å². The van der Waals surface area contributed by atoms with Crippen LogP contribution in [0.1, 0.15) is 0 Å². The van der Waals surface area contributed by atoms with Crippen LogP contribution in [-0.2, 0) is 0 Å². The summed E-state index contributed by atoms with van der Waals surface area (Å²) >= 11 is 14.9. The molecule has 29 valence electrons. The Bertz CT molecular complexity index is 22.4. The van der Waals surface area contributed by atoms with Gasteiger partial charge in [0.15, 0.2) is 3.42 Å². The summed E-state index contributed by atoms with van der Waals surface area (Å²) in [6, 6.07) is 0. The summed E-state index contributed by atoms with van der Waals surface area (Å²) in [6.45, 7) is 0. The van der Waals surface area contributed by atoms with Crippen molar-refractivity contribution < 1.29 is 0 Å². The Morgan fingerprint density at radius 3 is 1.20 bits per heavy atom. The molecule has 0 aromatic heterocycles. The molecule has 3 radical (unpaired) electrons. The van der Waals surface area contributed by atoms with Crippen LogP contribution in [0, 0.1) is 0 Å². The molecular formula is CCl3Si. The summed E-state index contributed by atoms with van der Waals surface area (Å²) in [6.07, 6.45) is 0. The van der Waals surface area contributed by atoms with Gasteiger partial charge < -0.3 is 0 Å². The first kappa shape index (κ1) is 6.09. The molecule has 0 saturated carbocycles. The Kier molecular flexibility index (Phi) is 2.06. The summed E-state index contributed by atoms with van der Waals surface area (Å²) in [4.78, 5) is 0. The second kappa shape index (κ2) is 1.69. The van der Waals surface area contributed by atoms with E-state index in [0.717, 1.165) is 0 Å². The minimum Gasteiger partial charge on any atom is -0.0892 e. The molecule has 0 aliphatic rings. The number of rotatable bonds is 0. The predicted octanol–water partition coefficient (Wildman–Crippen LogP) is 1.48. The van der Waals surface area contributed by atoms with Gasteiger partial charge in [-0.15, -0.1) is 0 Å². The summed E-state index contributed by atoms with van der Waals surface area (Å²) in [5, 5.41) is 0. The van der Waals surface area contributed by atoms with Crippen molar-refractivity contribution in [1.29, 1.82) is 0 Å². The fourth-order valence-electron chi connectivity index (χ4n) is 0. The fourth-order valence-corrected chi connectivity index (χ4v) is 0. The van der Waals surface area contributed by atoms with E-state index < -0.39 is 3.42 Å². The van der Waals surface area contributed by atoms with Gasteiger partial charge in [0.1, 0.15) is 0 Å². The lowest BCUT2D eigenvalue weighted by Gasteiger charge is -1.94. The average molecular weight is 146 g/mol. The Labute approximate surface area is 48.8 Å². The maximum Gasteiger partial charge on any atom is 0.169 e. The van der Waals surface area contributed by atoms with E-state index in [-0.39, 0.29) is 0 Å². The van der Waals surface area contributed by atoms with Crippen LogP contribution < -0.4 is 0 Å². The van der Waals surface area contributed by atoms with E-state index in [1.807, 2.05) is 0 Å². The van der Waals surface area contributed by atoms with Crippen molar-refractivity contribution in [2.24, 2.45) is 0 Å². The van der Waals surface area contributed by atoms with Gasteiger partial charge in [-0.1, -0.05) is 34.8 Å². The third-order valence-corrected chi connectivity index (χ3v) is 0. The monoisotopic (exact) mass is 145 g/mol. The molecule has 0 aliphatic carbocycles. The highest BCUT2D eigenvalue weighted by atomic mass is 35.6. The minimum absolute atomic E-state index is 1.28. The van der Waals surface area contributed by atoms with Crippen molar-refractivity contribution in [2.75, 3.05) is 0 Å². The normalized spacial score (nSPS) is 12.0. The second-order valence-corrected chi connectivity index (χ2v) is 4.48. The second-order valence-electron chi connectivity index (χ2n) is 0.498. The Balaban J connectivity index is 3.02. The van der Waals surface area contributed by atoms with Crippen molar-refractivity contribution in [2.45, 2.75) is 3.42 Å². The van der Waals surface area contributed by atoms with Gasteiger partial charge in [-0.25, -0.2) is 0 Å². The summed E-state index contributed by atoms with van der Waals surface area (Å²) in [7, 11) is 2.72. The fraction of sp³-hybridized carbons (Fsp3) is 1.00. The zero-order valence-corrected chi connectivity index (χ0v) is 5.40. The van der Waals surface area contributed by atoms with Crippen LogP contribution in [0.15, 0.2) is 0 Å². The lowest BCUT2D eigenvalue weighted by molar-refractivity contribution is 1.75. The third-order valence-electron chi connectivity index (χ3n) is 0. The van der Waals surface area contributed by atoms with E-state index in [9.17, 15) is 0 Å². The van der Waals surface area contributed by atoms with Crippen molar-refractivity contribution in [3.63, 3.8) is 0 Å². The predicted molar refractivity (Wildman–Crippen MR) is 26.0 cm³/mol. The zero-order chi connectivity index (χ0) is 4.50. The third kappa shape index (κ3) is 41.0. The Morgan fingerprint density at radius 1 is 1.20 bits per heavy atom. The van der Waals surface area contributed by atoms with Gasteiger partial charge in [-0.05, 0) is 0 Å². The number of alkyl halides is 3. The van der Waals surface area contributed by atoms with Gasteiger partial charge in [0.2, 0.25) is 0 Å². The van der Waals surface area contributed by atoms with Crippen molar-refractivity contribution >= 4 is 45.0 Å². The lowest BCUT2D eigenvalue weighted by atomic mass is 11.8. The molecule has 4 heteroatoms. The van der Waals surface area contributed by atoms with E-state index in [1.54, 1.807) is 0 Å². The first-order valence-corrected chi connectivity index (χ1v) is 2.45. The molecule has 0 aliphatic heterocycles. The molecule has 0 bridgehead atoms. The van der Waals surface area contributed by atoms with Crippen LogP contribution >= 0.6 is 34.8 Å². The van der Waals surface area contributed by atoms with E-state index >= 15 is 0 Å². The van der Waals surface area contributed by atoms with E-state index in [1.165, 1.54) is 0 Å². The standard InChI is InChI=1S/CCl3Si/c2-1(3,4)5. The minimum atomic E-state index is -1.28. The molecule has 0 heterocycles. The number of halogens is 3. The van der Waals surface area contributed by atoms with Gasteiger partial charge >= 0.3 is 0 Å². The van der Waals surface area contributed by atoms with Gasteiger partial charge in [-0.3, -0.25) is 0 Å². The van der Waals surface area contributed by atoms with Crippen LogP contribution in [-0.4, -0.2) is 13.7 Å². The summed E-state index contributed by atoms with van der Waals surface area (Å²) in [5.74, 6) is 0. The van der Waals surface area contributed by atoms with Gasteiger partial charge in [-0.2, -0.15) is 0 Å². The smallest absolute Gasteiger partial charge is 0.0892 e. The lowest BCUT2D eigenvalue weighted by Crippen LogP contribution is -1.96. The van der Waals surface area contributed by atoms with Gasteiger partial charge in [0.25, 0.3) is 0 Å². The molecule has 5 heavy (non-hydrogen) atoms. The van der Waals surface area contributed by atoms with E-state index in [0.29, 0.717) is 0 Å². The van der Waals surface area contributed by atoms with Crippen molar-refractivity contribution in [1.82, 2.24) is 0 Å². The molecule has 0 spiro atoms. The van der Waals surface area contributed by atoms with E-state index in [2.05, 4.69) is 10.2 Å². The summed E-state index contributed by atoms with van der Waals surface area (Å²) in [5.41, 5.74) is 0.